The van der Waals surface area contributed by atoms with Crippen LogP contribution in [0, 0.1) is 11.8 Å². The first kappa shape index (κ1) is 16.7. The van der Waals surface area contributed by atoms with Crippen LogP contribution in [-0.2, 0) is 14.3 Å². The third kappa shape index (κ3) is 4.44. The molecular weight excluding hydrogens is 310 g/mol. The first-order valence-corrected chi connectivity index (χ1v) is 8.32. The van der Waals surface area contributed by atoms with Crippen molar-refractivity contribution < 1.29 is 19.1 Å². The number of rotatable bonds is 8. The van der Waals surface area contributed by atoms with Gasteiger partial charge in [-0.15, -0.1) is 0 Å². The molecule has 24 heavy (non-hydrogen) atoms. The highest BCUT2D eigenvalue weighted by molar-refractivity contribution is 5.97. The van der Waals surface area contributed by atoms with Crippen LogP contribution in [-0.4, -0.2) is 55.1 Å². The molecule has 1 saturated carbocycles. The third-order valence-electron chi connectivity index (χ3n) is 4.30. The Morgan fingerprint density at radius 1 is 1.38 bits per heavy atom. The number of anilines is 1. The number of likely N-dealkylation sites (tertiary alicyclic amines) is 1. The summed E-state index contributed by atoms with van der Waals surface area (Å²) in [6, 6.07) is 3.44. The molecule has 2 heterocycles. The molecule has 0 unspecified atom stereocenters. The van der Waals surface area contributed by atoms with Gasteiger partial charge in [0.25, 0.3) is 0 Å². The van der Waals surface area contributed by atoms with Gasteiger partial charge in [0, 0.05) is 32.7 Å². The van der Waals surface area contributed by atoms with Gasteiger partial charge in [-0.25, -0.2) is 4.98 Å². The molecule has 1 aliphatic heterocycles. The molecule has 1 N–H and O–H groups in total. The van der Waals surface area contributed by atoms with Crippen molar-refractivity contribution in [2.24, 2.45) is 11.8 Å². The number of carbonyl (C=O) groups is 2. The molecule has 3 rings (SSSR count). The zero-order valence-corrected chi connectivity index (χ0v) is 13.9. The highest BCUT2D eigenvalue weighted by atomic mass is 16.5. The van der Waals surface area contributed by atoms with E-state index in [0.29, 0.717) is 43.7 Å². The first-order valence-electron chi connectivity index (χ1n) is 8.32. The molecule has 130 valence electrons. The molecule has 2 fully saturated rings. The Morgan fingerprint density at radius 2 is 2.21 bits per heavy atom. The summed E-state index contributed by atoms with van der Waals surface area (Å²) in [4.78, 5) is 30.3. The van der Waals surface area contributed by atoms with E-state index in [2.05, 4.69) is 10.3 Å². The standard InChI is InChI=1S/C17H23N3O4/c1-23-6-7-24-15-5-4-14(9-18-15)19-17(22)13-8-16(21)20(11-13)10-12-2-3-12/h4-5,9,12-13H,2-3,6-8,10-11H2,1H3,(H,19,22)/t13-/m1/s1. The fraction of sp³-hybridized carbons (Fsp3) is 0.588. The van der Waals surface area contributed by atoms with E-state index in [1.807, 2.05) is 4.90 Å². The fourth-order valence-corrected chi connectivity index (χ4v) is 2.75. The number of aromatic nitrogens is 1. The van der Waals surface area contributed by atoms with Gasteiger partial charge in [0.2, 0.25) is 17.7 Å². The molecule has 0 spiro atoms. The van der Waals surface area contributed by atoms with E-state index < -0.39 is 0 Å². The SMILES string of the molecule is COCCOc1ccc(NC(=O)[C@@H]2CC(=O)N(CC3CC3)C2)cn1. The maximum absolute atomic E-state index is 12.3. The van der Waals surface area contributed by atoms with Crippen molar-refractivity contribution in [3.63, 3.8) is 0 Å². The van der Waals surface area contributed by atoms with Crippen LogP contribution in [0.1, 0.15) is 19.3 Å². The number of amides is 2. The minimum Gasteiger partial charge on any atom is -0.475 e. The Morgan fingerprint density at radius 3 is 2.88 bits per heavy atom. The van der Waals surface area contributed by atoms with Crippen LogP contribution in [0.4, 0.5) is 5.69 Å². The molecular formula is C17H23N3O4. The summed E-state index contributed by atoms with van der Waals surface area (Å²) in [5.74, 6) is 0.801. The number of nitrogens with one attached hydrogen (secondary N) is 1. The number of nitrogens with zero attached hydrogens (tertiary/aromatic N) is 2. The van der Waals surface area contributed by atoms with Crippen LogP contribution >= 0.6 is 0 Å². The Kier molecular flexibility index (Phi) is 5.30. The Balaban J connectivity index is 1.48. The lowest BCUT2D eigenvalue weighted by Crippen LogP contribution is -2.29. The van der Waals surface area contributed by atoms with Crippen LogP contribution in [0.25, 0.3) is 0 Å². The van der Waals surface area contributed by atoms with Gasteiger partial charge in [-0.1, -0.05) is 0 Å². The van der Waals surface area contributed by atoms with Crippen LogP contribution in [0.2, 0.25) is 0 Å². The number of ether oxygens (including phenoxy) is 2. The zero-order valence-electron chi connectivity index (χ0n) is 13.9. The molecule has 1 aromatic heterocycles. The van der Waals surface area contributed by atoms with Crippen molar-refractivity contribution >= 4 is 17.5 Å². The van der Waals surface area contributed by atoms with Gasteiger partial charge in [0.15, 0.2) is 0 Å². The summed E-state index contributed by atoms with van der Waals surface area (Å²) in [5.41, 5.74) is 0.604. The monoisotopic (exact) mass is 333 g/mol. The van der Waals surface area contributed by atoms with Crippen molar-refractivity contribution in [1.29, 1.82) is 0 Å². The van der Waals surface area contributed by atoms with E-state index in [-0.39, 0.29) is 17.7 Å². The summed E-state index contributed by atoms with van der Waals surface area (Å²) >= 11 is 0. The smallest absolute Gasteiger partial charge is 0.229 e. The van der Waals surface area contributed by atoms with Gasteiger partial charge in [-0.3, -0.25) is 9.59 Å². The number of pyridine rings is 1. The summed E-state index contributed by atoms with van der Waals surface area (Å²) < 4.78 is 10.3. The molecule has 0 bridgehead atoms. The Hall–Kier alpha value is -2.15. The van der Waals surface area contributed by atoms with Crippen LogP contribution in [0.3, 0.4) is 0 Å². The average Bonchev–Trinajstić information content (AvgIpc) is 3.31. The second-order valence-electron chi connectivity index (χ2n) is 6.36. The van der Waals surface area contributed by atoms with E-state index in [0.717, 1.165) is 6.54 Å². The molecule has 2 amide bonds. The minimum atomic E-state index is -0.283. The van der Waals surface area contributed by atoms with Crippen LogP contribution < -0.4 is 10.1 Å². The average molecular weight is 333 g/mol. The largest absolute Gasteiger partial charge is 0.475 e. The number of methoxy groups -OCH3 is 1. The van der Waals surface area contributed by atoms with E-state index in [9.17, 15) is 9.59 Å². The predicted octanol–water partition coefficient (Wildman–Crippen LogP) is 1.30. The normalized spacial score (nSPS) is 20.3. The number of hydrogen-bond donors (Lipinski definition) is 1. The second-order valence-corrected chi connectivity index (χ2v) is 6.36. The molecule has 7 nitrogen and oxygen atoms in total. The van der Waals surface area contributed by atoms with Gasteiger partial charge >= 0.3 is 0 Å². The lowest BCUT2D eigenvalue weighted by molar-refractivity contribution is -0.128. The van der Waals surface area contributed by atoms with Crippen LogP contribution in [0.5, 0.6) is 5.88 Å². The Bertz CT molecular complexity index is 586. The summed E-state index contributed by atoms with van der Waals surface area (Å²) in [5, 5.41) is 2.83. The van der Waals surface area contributed by atoms with Gasteiger partial charge in [-0.2, -0.15) is 0 Å². The third-order valence-corrected chi connectivity index (χ3v) is 4.30. The molecule has 1 saturated heterocycles. The maximum Gasteiger partial charge on any atom is 0.229 e. The van der Waals surface area contributed by atoms with Crippen molar-refractivity contribution in [2.45, 2.75) is 19.3 Å². The van der Waals surface area contributed by atoms with E-state index in [1.54, 1.807) is 25.4 Å². The van der Waals surface area contributed by atoms with Crippen molar-refractivity contribution in [3.8, 4) is 5.88 Å². The Labute approximate surface area is 141 Å². The fourth-order valence-electron chi connectivity index (χ4n) is 2.75. The molecule has 1 aliphatic carbocycles. The lowest BCUT2D eigenvalue weighted by atomic mass is 10.1. The molecule has 1 atom stereocenters. The zero-order chi connectivity index (χ0) is 16.9. The van der Waals surface area contributed by atoms with Crippen molar-refractivity contribution in [2.75, 3.05) is 38.7 Å². The molecule has 2 aliphatic rings. The topological polar surface area (TPSA) is 80.8 Å². The van der Waals surface area contributed by atoms with Crippen molar-refractivity contribution in [1.82, 2.24) is 9.88 Å². The number of carbonyl (C=O) groups excluding carboxylic acids is 2. The van der Waals surface area contributed by atoms with E-state index in [4.69, 9.17) is 9.47 Å². The molecule has 0 radical (unpaired) electrons. The highest BCUT2D eigenvalue weighted by Gasteiger charge is 2.37. The molecule has 0 aromatic carbocycles. The number of hydrogen-bond acceptors (Lipinski definition) is 5. The van der Waals surface area contributed by atoms with E-state index in [1.165, 1.54) is 12.8 Å². The lowest BCUT2D eigenvalue weighted by Gasteiger charge is -2.16. The quantitative estimate of drug-likeness (QED) is 0.725. The van der Waals surface area contributed by atoms with Gasteiger partial charge < -0.3 is 19.7 Å². The van der Waals surface area contributed by atoms with Gasteiger partial charge in [-0.05, 0) is 24.8 Å². The highest BCUT2D eigenvalue weighted by Crippen LogP contribution is 2.32. The predicted molar refractivity (Wildman–Crippen MR) is 87.6 cm³/mol. The van der Waals surface area contributed by atoms with Gasteiger partial charge in [0.1, 0.15) is 6.61 Å². The van der Waals surface area contributed by atoms with Crippen LogP contribution in [0.15, 0.2) is 18.3 Å². The minimum absolute atomic E-state index is 0.0852. The summed E-state index contributed by atoms with van der Waals surface area (Å²) in [6.45, 7) is 2.24. The van der Waals surface area contributed by atoms with E-state index >= 15 is 0 Å². The summed E-state index contributed by atoms with van der Waals surface area (Å²) in [6.07, 6.45) is 4.25. The maximum atomic E-state index is 12.3. The second kappa shape index (κ2) is 7.61. The molecule has 7 heteroatoms. The van der Waals surface area contributed by atoms with Gasteiger partial charge in [0.05, 0.1) is 24.4 Å². The van der Waals surface area contributed by atoms with Crippen molar-refractivity contribution in [3.05, 3.63) is 18.3 Å². The summed E-state index contributed by atoms with van der Waals surface area (Å²) in [7, 11) is 1.61. The first-order chi connectivity index (χ1) is 11.7. The molecule has 1 aromatic rings.